The lowest BCUT2D eigenvalue weighted by Crippen LogP contribution is -2.45. The Morgan fingerprint density at radius 2 is 1.87 bits per heavy atom. The number of benzene rings is 1. The summed E-state index contributed by atoms with van der Waals surface area (Å²) < 4.78 is 20.6. The van der Waals surface area contributed by atoms with Gasteiger partial charge in [-0.25, -0.2) is 9.97 Å². The fraction of sp³-hybridized carbons (Fsp3) is 0.429. The third-order valence-electron chi connectivity index (χ3n) is 5.90. The molecule has 2 aliphatic rings. The van der Waals surface area contributed by atoms with E-state index in [0.29, 0.717) is 32.5 Å². The molecular weight excluding hydrogens is 443 g/mol. The first-order valence-corrected chi connectivity index (χ1v) is 10.6. The van der Waals surface area contributed by atoms with Gasteiger partial charge in [0.1, 0.15) is 41.7 Å². The molecule has 10 heteroatoms. The van der Waals surface area contributed by atoms with Crippen LogP contribution >= 0.6 is 23.2 Å². The molecule has 1 unspecified atom stereocenters. The molecular formula is C21H22Cl2N4O4. The number of ether oxygens (including phenoxy) is 3. The molecule has 164 valence electrons. The van der Waals surface area contributed by atoms with Gasteiger partial charge in [0.2, 0.25) is 0 Å². The smallest absolute Gasteiger partial charge is 0.164 e. The van der Waals surface area contributed by atoms with E-state index in [1.54, 1.807) is 25.1 Å². The van der Waals surface area contributed by atoms with Crippen LogP contribution < -0.4 is 5.73 Å². The Bertz CT molecular complexity index is 1170. The highest BCUT2D eigenvalue weighted by Gasteiger charge is 2.60. The quantitative estimate of drug-likeness (QED) is 0.609. The van der Waals surface area contributed by atoms with Crippen LogP contribution in [0.15, 0.2) is 36.8 Å². The first kappa shape index (κ1) is 20.9. The molecule has 0 radical (unpaired) electrons. The van der Waals surface area contributed by atoms with Gasteiger partial charge in [-0.2, -0.15) is 0 Å². The molecule has 2 aromatic heterocycles. The van der Waals surface area contributed by atoms with Crippen LogP contribution in [-0.2, 0) is 19.8 Å². The molecule has 8 nitrogen and oxygen atoms in total. The van der Waals surface area contributed by atoms with Gasteiger partial charge < -0.3 is 29.6 Å². The maximum absolute atomic E-state index is 11.6. The van der Waals surface area contributed by atoms with E-state index in [0.717, 1.165) is 0 Å². The van der Waals surface area contributed by atoms with Gasteiger partial charge >= 0.3 is 0 Å². The molecule has 5 rings (SSSR count). The number of anilines is 1. The van der Waals surface area contributed by atoms with Gasteiger partial charge in [0.05, 0.1) is 15.4 Å². The number of aromatic nitrogens is 3. The van der Waals surface area contributed by atoms with Crippen molar-refractivity contribution in [3.8, 4) is 0 Å². The molecule has 3 N–H and O–H groups in total. The number of aliphatic hydroxyl groups is 1. The molecule has 0 spiro atoms. The second-order valence-corrected chi connectivity index (χ2v) is 9.32. The van der Waals surface area contributed by atoms with Crippen LogP contribution in [0.4, 0.5) is 5.82 Å². The topological polar surface area (TPSA) is 105 Å². The molecule has 2 aliphatic heterocycles. The van der Waals surface area contributed by atoms with Crippen molar-refractivity contribution in [2.75, 3.05) is 5.73 Å². The van der Waals surface area contributed by atoms with Crippen molar-refractivity contribution in [1.82, 2.24) is 14.5 Å². The van der Waals surface area contributed by atoms with E-state index in [2.05, 4.69) is 9.97 Å². The van der Waals surface area contributed by atoms with E-state index in [4.69, 9.17) is 43.1 Å². The molecule has 2 fully saturated rings. The van der Waals surface area contributed by atoms with Crippen molar-refractivity contribution in [2.45, 2.75) is 56.7 Å². The number of hydrogen-bond acceptors (Lipinski definition) is 7. The van der Waals surface area contributed by atoms with E-state index in [-0.39, 0.29) is 0 Å². The first-order valence-electron chi connectivity index (χ1n) is 9.84. The fourth-order valence-corrected chi connectivity index (χ4v) is 4.72. The maximum Gasteiger partial charge on any atom is 0.164 e. The summed E-state index contributed by atoms with van der Waals surface area (Å²) in [6.07, 6.45) is 0.848. The summed E-state index contributed by atoms with van der Waals surface area (Å²) in [5, 5.41) is 13.0. The predicted octanol–water partition coefficient (Wildman–Crippen LogP) is 3.65. The Hall–Kier alpha value is -1.94. The Labute approximate surface area is 188 Å². The molecule has 0 amide bonds. The van der Waals surface area contributed by atoms with Crippen molar-refractivity contribution in [1.29, 1.82) is 0 Å². The lowest BCUT2D eigenvalue weighted by molar-refractivity contribution is -0.221. The van der Waals surface area contributed by atoms with E-state index in [1.165, 1.54) is 6.33 Å². The van der Waals surface area contributed by atoms with Crippen LogP contribution in [0.1, 0.15) is 32.6 Å². The molecule has 1 aromatic carbocycles. The maximum atomic E-state index is 11.6. The van der Waals surface area contributed by atoms with Crippen LogP contribution in [0.25, 0.3) is 11.0 Å². The first-order chi connectivity index (χ1) is 14.6. The average Bonchev–Trinajstić information content (AvgIpc) is 3.35. The van der Waals surface area contributed by atoms with Gasteiger partial charge in [0, 0.05) is 6.20 Å². The second kappa shape index (κ2) is 7.03. The normalized spacial score (nSPS) is 29.2. The summed E-state index contributed by atoms with van der Waals surface area (Å²) in [7, 11) is 0. The zero-order chi connectivity index (χ0) is 22.1. The van der Waals surface area contributed by atoms with E-state index < -0.39 is 35.9 Å². The van der Waals surface area contributed by atoms with Gasteiger partial charge in [0.15, 0.2) is 12.0 Å². The van der Waals surface area contributed by atoms with Crippen molar-refractivity contribution in [3.05, 3.63) is 52.4 Å². The lowest BCUT2D eigenvalue weighted by atomic mass is 9.87. The molecule has 0 bridgehead atoms. The Balaban J connectivity index is 1.58. The van der Waals surface area contributed by atoms with Gasteiger partial charge in [-0.05, 0) is 44.5 Å². The van der Waals surface area contributed by atoms with Crippen molar-refractivity contribution >= 4 is 40.1 Å². The fourth-order valence-electron chi connectivity index (χ4n) is 4.42. The van der Waals surface area contributed by atoms with E-state index in [1.807, 2.05) is 30.7 Å². The SMILES string of the molecule is CC1(C)O[C@@H]2[C@H](O1)[C@@H](C(C)(O)c1ccc(Cl)c(Cl)c1)O[C@H]2n1ccc2c(N)ncnc21. The summed E-state index contributed by atoms with van der Waals surface area (Å²) in [6, 6.07) is 6.83. The number of rotatable bonds is 3. The van der Waals surface area contributed by atoms with E-state index >= 15 is 0 Å². The molecule has 0 saturated carbocycles. The summed E-state index contributed by atoms with van der Waals surface area (Å²) in [5.74, 6) is -0.470. The Kier molecular flexibility index (Phi) is 4.75. The Morgan fingerprint density at radius 3 is 2.61 bits per heavy atom. The lowest BCUT2D eigenvalue weighted by Gasteiger charge is -2.34. The van der Waals surface area contributed by atoms with Crippen molar-refractivity contribution in [3.63, 3.8) is 0 Å². The molecule has 0 aliphatic carbocycles. The van der Waals surface area contributed by atoms with Crippen molar-refractivity contribution in [2.24, 2.45) is 0 Å². The number of nitrogens with zero attached hydrogens (tertiary/aromatic N) is 3. The van der Waals surface area contributed by atoms with Crippen LogP contribution in [0.3, 0.4) is 0 Å². The number of nitrogens with two attached hydrogens (primary N) is 1. The molecule has 4 heterocycles. The zero-order valence-electron chi connectivity index (χ0n) is 17.1. The predicted molar refractivity (Wildman–Crippen MR) is 116 cm³/mol. The summed E-state index contributed by atoms with van der Waals surface area (Å²) in [6.45, 7) is 5.34. The van der Waals surface area contributed by atoms with Gasteiger partial charge in [-0.3, -0.25) is 0 Å². The third-order valence-corrected chi connectivity index (χ3v) is 6.64. The summed E-state index contributed by atoms with van der Waals surface area (Å²) in [5.41, 5.74) is 5.72. The highest BCUT2D eigenvalue weighted by molar-refractivity contribution is 6.42. The highest BCUT2D eigenvalue weighted by atomic mass is 35.5. The zero-order valence-corrected chi connectivity index (χ0v) is 18.6. The monoisotopic (exact) mass is 464 g/mol. The number of halogens is 2. The standard InChI is InChI=1S/C21H22Cl2N4O4/c1-20(2)30-14-15(31-20)19(27-7-6-11-17(24)25-9-26-18(11)27)29-16(14)21(3,28)10-4-5-12(22)13(23)8-10/h4-9,14-16,19,28H,1-3H3,(H2,24,25,26)/t14-,15+,16-,19+,21?/m0/s1. The molecule has 2 saturated heterocycles. The molecule has 5 atom stereocenters. The van der Waals surface area contributed by atoms with Gasteiger partial charge in [-0.1, -0.05) is 29.3 Å². The van der Waals surface area contributed by atoms with E-state index in [9.17, 15) is 5.11 Å². The number of hydrogen-bond donors (Lipinski definition) is 2. The average molecular weight is 465 g/mol. The molecule has 31 heavy (non-hydrogen) atoms. The minimum absolute atomic E-state index is 0.345. The summed E-state index contributed by atoms with van der Waals surface area (Å²) in [4.78, 5) is 8.40. The third kappa shape index (κ3) is 3.29. The number of fused-ring (bicyclic) bond motifs is 2. The number of nitrogen functional groups attached to an aromatic ring is 1. The highest BCUT2D eigenvalue weighted by Crippen LogP contribution is 2.49. The van der Waals surface area contributed by atoms with Crippen LogP contribution in [0, 0.1) is 0 Å². The minimum Gasteiger partial charge on any atom is -0.383 e. The second-order valence-electron chi connectivity index (χ2n) is 8.51. The van der Waals surface area contributed by atoms with Crippen LogP contribution in [-0.4, -0.2) is 43.7 Å². The summed E-state index contributed by atoms with van der Waals surface area (Å²) >= 11 is 12.3. The Morgan fingerprint density at radius 1 is 1.13 bits per heavy atom. The molecule has 3 aromatic rings. The van der Waals surface area contributed by atoms with Crippen LogP contribution in [0.5, 0.6) is 0 Å². The van der Waals surface area contributed by atoms with Crippen LogP contribution in [0.2, 0.25) is 10.0 Å². The van der Waals surface area contributed by atoms with Gasteiger partial charge in [-0.15, -0.1) is 0 Å². The van der Waals surface area contributed by atoms with Crippen molar-refractivity contribution < 1.29 is 19.3 Å². The largest absolute Gasteiger partial charge is 0.383 e. The van der Waals surface area contributed by atoms with Gasteiger partial charge in [0.25, 0.3) is 0 Å². The minimum atomic E-state index is -1.44.